The third kappa shape index (κ3) is 6.51. The van der Waals surface area contributed by atoms with E-state index in [0.29, 0.717) is 13.1 Å². The molecule has 4 N–H and O–H groups in total. The van der Waals surface area contributed by atoms with Crippen molar-refractivity contribution in [3.8, 4) is 0 Å². The van der Waals surface area contributed by atoms with Crippen LogP contribution in [0.1, 0.15) is 0 Å². The zero-order chi connectivity index (χ0) is 9.23. The number of rotatable bonds is 8. The Labute approximate surface area is 73.3 Å². The molecular formula is C7H19N3O2. The summed E-state index contributed by atoms with van der Waals surface area (Å²) in [6, 6.07) is 0. The number of likely N-dealkylation sites (N-methyl/N-ethyl adjacent to an activating group) is 1. The molecule has 0 spiro atoms. The molecule has 0 aromatic rings. The third-order valence-corrected chi connectivity index (χ3v) is 1.45. The van der Waals surface area contributed by atoms with Crippen LogP contribution < -0.4 is 10.7 Å². The Morgan fingerprint density at radius 2 is 1.67 bits per heavy atom. The number of nitrogens with one attached hydrogen (secondary N) is 2. The lowest BCUT2D eigenvalue weighted by atomic mass is 10.5. The summed E-state index contributed by atoms with van der Waals surface area (Å²) in [6.45, 7) is 2.97. The van der Waals surface area contributed by atoms with Gasteiger partial charge in [-0.25, -0.2) is 5.01 Å². The van der Waals surface area contributed by atoms with Crippen LogP contribution in [0.4, 0.5) is 0 Å². The second-order valence-electron chi connectivity index (χ2n) is 2.45. The number of aliphatic hydroxyl groups is 2. The van der Waals surface area contributed by atoms with E-state index in [9.17, 15) is 0 Å². The predicted molar refractivity (Wildman–Crippen MR) is 47.7 cm³/mol. The fourth-order valence-electron chi connectivity index (χ4n) is 0.850. The summed E-state index contributed by atoms with van der Waals surface area (Å²) in [7, 11) is 1.88. The molecule has 0 heterocycles. The van der Waals surface area contributed by atoms with Gasteiger partial charge in [0.15, 0.2) is 0 Å². The van der Waals surface area contributed by atoms with Gasteiger partial charge in [0.05, 0.1) is 13.2 Å². The first-order valence-electron chi connectivity index (χ1n) is 4.20. The van der Waals surface area contributed by atoms with Crippen LogP contribution in [0.3, 0.4) is 0 Å². The molecule has 0 unspecified atom stereocenters. The largest absolute Gasteiger partial charge is 0.395 e. The Balaban J connectivity index is 3.34. The molecule has 0 atom stereocenters. The lowest BCUT2D eigenvalue weighted by Crippen LogP contribution is -2.44. The summed E-state index contributed by atoms with van der Waals surface area (Å²) in [5.74, 6) is 0. The maximum Gasteiger partial charge on any atom is 0.0572 e. The zero-order valence-corrected chi connectivity index (χ0v) is 7.58. The van der Waals surface area contributed by atoms with Crippen LogP contribution in [0.2, 0.25) is 0 Å². The minimum absolute atomic E-state index is 0.104. The molecule has 5 nitrogen and oxygen atoms in total. The van der Waals surface area contributed by atoms with Gasteiger partial charge >= 0.3 is 0 Å². The van der Waals surface area contributed by atoms with Crippen molar-refractivity contribution in [2.75, 3.05) is 46.4 Å². The zero-order valence-electron chi connectivity index (χ0n) is 7.58. The van der Waals surface area contributed by atoms with Gasteiger partial charge in [-0.3, -0.25) is 5.43 Å². The molecule has 0 radical (unpaired) electrons. The number of hydrogen-bond donors (Lipinski definition) is 4. The quantitative estimate of drug-likeness (QED) is 0.255. The van der Waals surface area contributed by atoms with Crippen LogP contribution in [0.25, 0.3) is 0 Å². The van der Waals surface area contributed by atoms with E-state index in [4.69, 9.17) is 10.2 Å². The van der Waals surface area contributed by atoms with Crippen molar-refractivity contribution in [3.63, 3.8) is 0 Å². The van der Waals surface area contributed by atoms with Gasteiger partial charge in [0, 0.05) is 26.2 Å². The van der Waals surface area contributed by atoms with Crippen molar-refractivity contribution in [2.45, 2.75) is 0 Å². The van der Waals surface area contributed by atoms with Crippen LogP contribution in [0.15, 0.2) is 0 Å². The smallest absolute Gasteiger partial charge is 0.0572 e. The maximum atomic E-state index is 8.64. The minimum Gasteiger partial charge on any atom is -0.395 e. The number of hydrogen-bond acceptors (Lipinski definition) is 5. The van der Waals surface area contributed by atoms with E-state index in [-0.39, 0.29) is 13.2 Å². The highest BCUT2D eigenvalue weighted by Gasteiger charge is 2.00. The maximum absolute atomic E-state index is 8.64. The van der Waals surface area contributed by atoms with Crippen LogP contribution in [-0.4, -0.2) is 61.7 Å². The first-order chi connectivity index (χ1) is 5.85. The Morgan fingerprint density at radius 1 is 1.08 bits per heavy atom. The lowest BCUT2D eigenvalue weighted by Gasteiger charge is -2.21. The first-order valence-corrected chi connectivity index (χ1v) is 4.20. The van der Waals surface area contributed by atoms with E-state index in [1.54, 1.807) is 5.01 Å². The molecule has 0 saturated heterocycles. The van der Waals surface area contributed by atoms with Crippen molar-refractivity contribution in [2.24, 2.45) is 0 Å². The molecule has 74 valence electrons. The summed E-state index contributed by atoms with van der Waals surface area (Å²) in [6.07, 6.45) is 0. The molecule has 0 aromatic carbocycles. The topological polar surface area (TPSA) is 67.8 Å². The molecule has 0 bridgehead atoms. The molecule has 0 fully saturated rings. The number of aliphatic hydroxyl groups excluding tert-OH is 2. The van der Waals surface area contributed by atoms with E-state index in [1.807, 2.05) is 7.05 Å². The van der Waals surface area contributed by atoms with Crippen molar-refractivity contribution in [3.05, 3.63) is 0 Å². The Bertz CT molecular complexity index is 86.7. The van der Waals surface area contributed by atoms with Crippen molar-refractivity contribution < 1.29 is 10.2 Å². The first kappa shape index (κ1) is 11.8. The molecule has 5 heteroatoms. The minimum atomic E-state index is 0.104. The highest BCUT2D eigenvalue weighted by atomic mass is 16.3. The van der Waals surface area contributed by atoms with Gasteiger partial charge in [0.1, 0.15) is 0 Å². The van der Waals surface area contributed by atoms with Gasteiger partial charge in [-0.15, -0.1) is 0 Å². The summed E-state index contributed by atoms with van der Waals surface area (Å²) in [5.41, 5.74) is 3.07. The second kappa shape index (κ2) is 8.89. The highest BCUT2D eigenvalue weighted by Crippen LogP contribution is 1.79. The fourth-order valence-corrected chi connectivity index (χ4v) is 0.850. The average Bonchev–Trinajstić information content (AvgIpc) is 2.06. The average molecular weight is 177 g/mol. The van der Waals surface area contributed by atoms with Crippen LogP contribution in [0.5, 0.6) is 0 Å². The van der Waals surface area contributed by atoms with Crippen molar-refractivity contribution >= 4 is 0 Å². The molecule has 0 amide bonds. The van der Waals surface area contributed by atoms with E-state index in [2.05, 4.69) is 10.7 Å². The SMILES string of the molecule is CNCCNN(CCO)CCO. The van der Waals surface area contributed by atoms with E-state index >= 15 is 0 Å². The summed E-state index contributed by atoms with van der Waals surface area (Å²) in [4.78, 5) is 0. The predicted octanol–water partition coefficient (Wildman–Crippen LogP) is -2.00. The molecule has 0 aliphatic carbocycles. The van der Waals surface area contributed by atoms with Gasteiger partial charge < -0.3 is 15.5 Å². The number of nitrogens with zero attached hydrogens (tertiary/aromatic N) is 1. The Morgan fingerprint density at radius 3 is 2.08 bits per heavy atom. The van der Waals surface area contributed by atoms with Gasteiger partial charge in [-0.2, -0.15) is 0 Å². The molecule has 0 aliphatic rings. The Hall–Kier alpha value is -0.200. The molecule has 12 heavy (non-hydrogen) atoms. The lowest BCUT2D eigenvalue weighted by molar-refractivity contribution is 0.116. The molecular weight excluding hydrogens is 158 g/mol. The van der Waals surface area contributed by atoms with E-state index in [0.717, 1.165) is 13.1 Å². The summed E-state index contributed by atoms with van der Waals surface area (Å²) in [5, 5.41) is 22.1. The van der Waals surface area contributed by atoms with Crippen LogP contribution in [0, 0.1) is 0 Å². The highest BCUT2D eigenvalue weighted by molar-refractivity contribution is 4.51. The standard InChI is InChI=1S/C7H19N3O2/c1-8-2-3-9-10(4-6-11)5-7-12/h8-9,11-12H,2-7H2,1H3. The third-order valence-electron chi connectivity index (χ3n) is 1.45. The van der Waals surface area contributed by atoms with Gasteiger partial charge in [-0.1, -0.05) is 0 Å². The van der Waals surface area contributed by atoms with Gasteiger partial charge in [0.25, 0.3) is 0 Å². The van der Waals surface area contributed by atoms with Gasteiger partial charge in [0.2, 0.25) is 0 Å². The molecule has 0 aliphatic heterocycles. The Kier molecular flexibility index (Phi) is 8.74. The van der Waals surface area contributed by atoms with Crippen LogP contribution in [-0.2, 0) is 0 Å². The fraction of sp³-hybridized carbons (Fsp3) is 1.00. The van der Waals surface area contributed by atoms with Crippen molar-refractivity contribution in [1.29, 1.82) is 0 Å². The second-order valence-corrected chi connectivity index (χ2v) is 2.45. The van der Waals surface area contributed by atoms with E-state index in [1.165, 1.54) is 0 Å². The molecule has 0 saturated carbocycles. The van der Waals surface area contributed by atoms with E-state index < -0.39 is 0 Å². The summed E-state index contributed by atoms with van der Waals surface area (Å²) < 4.78 is 0. The molecule has 0 rings (SSSR count). The normalized spacial score (nSPS) is 11.0. The monoisotopic (exact) mass is 177 g/mol. The summed E-state index contributed by atoms with van der Waals surface area (Å²) >= 11 is 0. The molecule has 0 aromatic heterocycles. The van der Waals surface area contributed by atoms with Crippen molar-refractivity contribution in [1.82, 2.24) is 15.8 Å². The number of hydrazine groups is 1. The van der Waals surface area contributed by atoms with Crippen LogP contribution >= 0.6 is 0 Å². The van der Waals surface area contributed by atoms with Gasteiger partial charge in [-0.05, 0) is 7.05 Å².